The normalized spacial score (nSPS) is 19.8. The lowest BCUT2D eigenvalue weighted by molar-refractivity contribution is -0.144. The maximum Gasteiger partial charge on any atom is 0.246 e. The molecule has 16 nitrogen and oxygen atoms in total. The Morgan fingerprint density at radius 3 is 1.17 bits per heavy atom. The maximum absolute atomic E-state index is 14.7. The largest absolute Gasteiger partial charge is 0.348 e. The van der Waals surface area contributed by atoms with Gasteiger partial charge >= 0.3 is 0 Å². The molecular formula is C58H84Cl2N8O8. The lowest BCUT2D eigenvalue weighted by Gasteiger charge is -2.36. The van der Waals surface area contributed by atoms with E-state index in [1.54, 1.807) is 52.2 Å². The molecule has 76 heavy (non-hydrogen) atoms. The minimum Gasteiger partial charge on any atom is -0.348 e. The minimum atomic E-state index is -0.973. The first-order chi connectivity index (χ1) is 34.9. The average Bonchev–Trinajstić information content (AvgIpc) is 4.01. The summed E-state index contributed by atoms with van der Waals surface area (Å²) in [5, 5.41) is 18.0. The van der Waals surface area contributed by atoms with Gasteiger partial charge in [0.2, 0.25) is 35.4 Å². The molecule has 10 atom stereocenters. The molecular weight excluding hydrogens is 1010 g/mol. The third-order valence-electron chi connectivity index (χ3n) is 14.7. The molecule has 0 aliphatic carbocycles. The number of likely N-dealkylation sites (N-methyl/N-ethyl adjacent to an activating group) is 2. The summed E-state index contributed by atoms with van der Waals surface area (Å²) < 4.78 is 0. The zero-order valence-electron chi connectivity index (χ0n) is 46.5. The van der Waals surface area contributed by atoms with Gasteiger partial charge in [-0.15, -0.1) is 24.8 Å². The van der Waals surface area contributed by atoms with Gasteiger partial charge in [0.05, 0.1) is 24.2 Å². The number of nitrogens with zero attached hydrogens (tertiary/aromatic N) is 2. The SMILES string of the molecule is CC[C@@H](NC(=O)[C@@H]1C[C@H](CC(=O)c2cccc(C(=O)C[C@H]3C[C@@H](C(=O)N[C@H](CC)c4ccccc4)N(C(=O)[C@@H](NC(=O)[C@H](C)NC)C(C)(C)C)C3)c2)CN1C(=O)[C@@H](NC(=O)[C@H](C)NC)C(C)(C)C)c1ccccc1.Cl.Cl. The predicted molar refractivity (Wildman–Crippen MR) is 301 cm³/mol. The van der Waals surface area contributed by atoms with E-state index in [2.05, 4.69) is 31.9 Å². The molecule has 0 unspecified atom stereocenters. The molecule has 0 bridgehead atoms. The Balaban J connectivity index is 0.00000760. The van der Waals surface area contributed by atoms with Crippen LogP contribution in [0.2, 0.25) is 0 Å². The van der Waals surface area contributed by atoms with Crippen molar-refractivity contribution in [3.05, 3.63) is 107 Å². The lowest BCUT2D eigenvalue weighted by atomic mass is 9.85. The van der Waals surface area contributed by atoms with E-state index in [1.807, 2.05) is 116 Å². The molecule has 0 aromatic heterocycles. The van der Waals surface area contributed by atoms with Crippen LogP contribution < -0.4 is 31.9 Å². The van der Waals surface area contributed by atoms with E-state index in [0.29, 0.717) is 24.0 Å². The summed E-state index contributed by atoms with van der Waals surface area (Å²) in [6.45, 7) is 18.6. The number of hydrogen-bond acceptors (Lipinski definition) is 10. The molecule has 3 aromatic carbocycles. The summed E-state index contributed by atoms with van der Waals surface area (Å²) in [6, 6.07) is 20.1. The van der Waals surface area contributed by atoms with Gasteiger partial charge in [-0.25, -0.2) is 0 Å². The van der Waals surface area contributed by atoms with Gasteiger partial charge in [0.25, 0.3) is 0 Å². The van der Waals surface area contributed by atoms with Crippen molar-refractivity contribution in [2.24, 2.45) is 22.7 Å². The van der Waals surface area contributed by atoms with Crippen molar-refractivity contribution < 1.29 is 38.4 Å². The van der Waals surface area contributed by atoms with Crippen LogP contribution in [-0.4, -0.2) is 120 Å². The fraction of sp³-hybridized carbons (Fsp3) is 0.552. The molecule has 418 valence electrons. The number of rotatable bonds is 22. The summed E-state index contributed by atoms with van der Waals surface area (Å²) in [5.74, 6) is -3.64. The number of likely N-dealkylation sites (tertiary alicyclic amines) is 2. The minimum absolute atomic E-state index is 0. The molecule has 2 saturated heterocycles. The fourth-order valence-corrected chi connectivity index (χ4v) is 9.93. The Kier molecular flexibility index (Phi) is 24.3. The number of halogens is 2. The van der Waals surface area contributed by atoms with E-state index in [-0.39, 0.29) is 111 Å². The van der Waals surface area contributed by atoms with Gasteiger partial charge in [0.15, 0.2) is 11.6 Å². The maximum atomic E-state index is 14.7. The van der Waals surface area contributed by atoms with Crippen LogP contribution in [0.4, 0.5) is 0 Å². The van der Waals surface area contributed by atoms with Gasteiger partial charge in [0, 0.05) is 37.1 Å². The van der Waals surface area contributed by atoms with Crippen molar-refractivity contribution in [1.29, 1.82) is 0 Å². The molecule has 6 N–H and O–H groups in total. The number of amides is 6. The zero-order valence-corrected chi connectivity index (χ0v) is 48.1. The molecule has 0 spiro atoms. The van der Waals surface area contributed by atoms with E-state index in [4.69, 9.17) is 0 Å². The van der Waals surface area contributed by atoms with Gasteiger partial charge in [-0.1, -0.05) is 134 Å². The number of nitrogens with one attached hydrogen (secondary N) is 6. The third kappa shape index (κ3) is 16.7. The molecule has 2 fully saturated rings. The summed E-state index contributed by atoms with van der Waals surface area (Å²) in [5.41, 5.74) is 0.979. The highest BCUT2D eigenvalue weighted by Gasteiger charge is 2.48. The highest BCUT2D eigenvalue weighted by atomic mass is 35.5. The topological polar surface area (TPSA) is 215 Å². The third-order valence-corrected chi connectivity index (χ3v) is 14.7. The Morgan fingerprint density at radius 2 is 0.868 bits per heavy atom. The highest BCUT2D eigenvalue weighted by molar-refractivity contribution is 6.02. The number of Topliss-reactive ketones (excluding diaryl/α,β-unsaturated/α-hetero) is 2. The molecule has 0 radical (unpaired) electrons. The van der Waals surface area contributed by atoms with Crippen molar-refractivity contribution in [2.45, 2.75) is 156 Å². The van der Waals surface area contributed by atoms with Crippen LogP contribution in [0.25, 0.3) is 0 Å². The van der Waals surface area contributed by atoms with Crippen molar-refractivity contribution in [3.8, 4) is 0 Å². The molecule has 2 heterocycles. The Morgan fingerprint density at radius 1 is 0.526 bits per heavy atom. The summed E-state index contributed by atoms with van der Waals surface area (Å²) in [7, 11) is 3.31. The van der Waals surface area contributed by atoms with Crippen molar-refractivity contribution in [1.82, 2.24) is 41.7 Å². The standard InChI is InChI=1S/C58H82N8O8.2ClH/c1-13-43(39-22-17-15-18-23-39)61-53(71)45-28-37(33-65(45)55(73)49(57(5,6)7)63-51(69)35(3)59-11)30-47(67)41-26-21-27-42(32-41)48(68)31-38-29-46(54(72)62-44(14-2)40-24-19-16-20-25-40)66(34-38)56(74)50(58(8,9)10)64-52(70)36(4)60-12;;/h15-27,32,35-38,43-46,49-50,59-60H,13-14,28-31,33-34H2,1-12H3,(H,61,71)(H,62,72)(H,63,69)(H,64,70);2*1H/t35-,36-,37+,38+,43+,44+,45-,46-,49+,50+;;/m0../s1. The Hall–Kier alpha value is -5.68. The molecule has 2 aliphatic rings. The average molecular weight is 1090 g/mol. The Labute approximate surface area is 463 Å². The van der Waals surface area contributed by atoms with Crippen LogP contribution in [0.5, 0.6) is 0 Å². The summed E-state index contributed by atoms with van der Waals surface area (Å²) in [4.78, 5) is 116. The van der Waals surface area contributed by atoms with E-state index in [9.17, 15) is 38.4 Å². The van der Waals surface area contributed by atoms with Gasteiger partial charge in [-0.3, -0.25) is 38.4 Å². The molecule has 3 aromatic rings. The van der Waals surface area contributed by atoms with Gasteiger partial charge in [-0.2, -0.15) is 0 Å². The van der Waals surface area contributed by atoms with E-state index in [0.717, 1.165) is 11.1 Å². The number of hydrogen-bond donors (Lipinski definition) is 6. The second kappa shape index (κ2) is 28.6. The summed E-state index contributed by atoms with van der Waals surface area (Å²) >= 11 is 0. The Bertz CT molecular complexity index is 2300. The second-order valence-electron chi connectivity index (χ2n) is 22.4. The van der Waals surface area contributed by atoms with Crippen LogP contribution >= 0.6 is 24.8 Å². The van der Waals surface area contributed by atoms with Gasteiger partial charge in [-0.05, 0) is 93.5 Å². The first-order valence-corrected chi connectivity index (χ1v) is 26.3. The number of carbonyl (C=O) groups excluding carboxylic acids is 8. The first-order valence-electron chi connectivity index (χ1n) is 26.3. The lowest BCUT2D eigenvalue weighted by Crippen LogP contribution is -2.59. The van der Waals surface area contributed by atoms with Crippen LogP contribution in [-0.2, 0) is 28.8 Å². The quantitative estimate of drug-likeness (QED) is 0.0571. The van der Waals surface area contributed by atoms with Crippen molar-refractivity contribution >= 4 is 71.8 Å². The van der Waals surface area contributed by atoms with Crippen molar-refractivity contribution in [2.75, 3.05) is 27.2 Å². The van der Waals surface area contributed by atoms with E-state index in [1.165, 1.54) is 9.80 Å². The smallest absolute Gasteiger partial charge is 0.246 e. The van der Waals surface area contributed by atoms with E-state index < -0.39 is 70.7 Å². The monoisotopic (exact) mass is 1090 g/mol. The molecule has 18 heteroatoms. The first kappa shape index (κ1) is 64.6. The molecule has 6 amide bonds. The van der Waals surface area contributed by atoms with Crippen molar-refractivity contribution in [3.63, 3.8) is 0 Å². The molecule has 2 aliphatic heterocycles. The van der Waals surface area contributed by atoms with Crippen LogP contribution in [0, 0.1) is 22.7 Å². The predicted octanol–water partition coefficient (Wildman–Crippen LogP) is 6.92. The van der Waals surface area contributed by atoms with Crippen LogP contribution in [0.15, 0.2) is 84.9 Å². The van der Waals surface area contributed by atoms with Crippen LogP contribution in [0.3, 0.4) is 0 Å². The highest BCUT2D eigenvalue weighted by Crippen LogP contribution is 2.34. The molecule has 0 saturated carbocycles. The molecule has 5 rings (SSSR count). The second-order valence-corrected chi connectivity index (χ2v) is 22.4. The zero-order chi connectivity index (χ0) is 54.7. The van der Waals surface area contributed by atoms with Gasteiger partial charge in [0.1, 0.15) is 24.2 Å². The number of benzene rings is 3. The van der Waals surface area contributed by atoms with Gasteiger partial charge < -0.3 is 41.7 Å². The summed E-state index contributed by atoms with van der Waals surface area (Å²) in [6.07, 6.45) is 1.59. The van der Waals surface area contributed by atoms with E-state index >= 15 is 0 Å². The number of ketones is 2. The van der Waals surface area contributed by atoms with Crippen LogP contribution in [0.1, 0.15) is 152 Å². The number of carbonyl (C=O) groups is 8. The fourth-order valence-electron chi connectivity index (χ4n) is 9.93.